The second-order valence-corrected chi connectivity index (χ2v) is 8.32. The predicted molar refractivity (Wildman–Crippen MR) is 119 cm³/mol. The number of nitroso groups, excluding NO2 is 1. The highest BCUT2D eigenvalue weighted by Crippen LogP contribution is 2.28. The summed E-state index contributed by atoms with van der Waals surface area (Å²) in [7, 11) is 1.71. The SMILES string of the molecule is Cc1ccc(C(=O)c2ccc(CC(=O)OC(CCC(=O)O)C3CCOC(N=O)C3)n2C)cc1. The lowest BCUT2D eigenvalue weighted by Gasteiger charge is -2.31. The van der Waals surface area contributed by atoms with Gasteiger partial charge in [0.05, 0.1) is 12.1 Å². The van der Waals surface area contributed by atoms with Crippen molar-refractivity contribution in [2.45, 2.75) is 51.4 Å². The lowest BCUT2D eigenvalue weighted by atomic mass is 9.90. The molecule has 0 saturated carbocycles. The zero-order valence-corrected chi connectivity index (χ0v) is 18.7. The van der Waals surface area contributed by atoms with Crippen LogP contribution in [-0.4, -0.2) is 46.3 Å². The third-order valence-corrected chi connectivity index (χ3v) is 5.97. The average Bonchev–Trinajstić information content (AvgIpc) is 3.16. The fourth-order valence-electron chi connectivity index (χ4n) is 4.04. The van der Waals surface area contributed by atoms with E-state index >= 15 is 0 Å². The molecule has 0 bridgehead atoms. The predicted octanol–water partition coefficient (Wildman–Crippen LogP) is 3.40. The van der Waals surface area contributed by atoms with Crippen molar-refractivity contribution in [2.75, 3.05) is 6.61 Å². The molecule has 0 aliphatic carbocycles. The van der Waals surface area contributed by atoms with Gasteiger partial charge in [0.1, 0.15) is 6.10 Å². The van der Waals surface area contributed by atoms with Crippen molar-refractivity contribution in [1.29, 1.82) is 0 Å². The van der Waals surface area contributed by atoms with Gasteiger partial charge in [0.15, 0.2) is 6.23 Å². The number of carboxylic acid groups (broad SMARTS) is 1. The van der Waals surface area contributed by atoms with E-state index in [-0.39, 0.29) is 37.4 Å². The van der Waals surface area contributed by atoms with Crippen LogP contribution in [0.5, 0.6) is 0 Å². The Hall–Kier alpha value is -3.33. The number of carbonyl (C=O) groups is 3. The molecule has 0 radical (unpaired) electrons. The zero-order valence-electron chi connectivity index (χ0n) is 18.7. The van der Waals surface area contributed by atoms with E-state index in [4.69, 9.17) is 14.6 Å². The number of hydrogen-bond donors (Lipinski definition) is 1. The largest absolute Gasteiger partial charge is 0.481 e. The molecule has 1 saturated heterocycles. The number of aryl methyl sites for hydroxylation is 1. The van der Waals surface area contributed by atoms with Crippen molar-refractivity contribution < 1.29 is 29.0 Å². The number of hydrogen-bond acceptors (Lipinski definition) is 7. The molecular formula is C24H28N2O7. The third-order valence-electron chi connectivity index (χ3n) is 5.97. The first kappa shape index (κ1) is 24.3. The Balaban J connectivity index is 1.68. The van der Waals surface area contributed by atoms with Gasteiger partial charge < -0.3 is 19.1 Å². The van der Waals surface area contributed by atoms with Crippen LogP contribution in [0.15, 0.2) is 41.6 Å². The van der Waals surface area contributed by atoms with Gasteiger partial charge in [-0.3, -0.25) is 14.4 Å². The molecule has 2 heterocycles. The first-order chi connectivity index (χ1) is 15.8. The summed E-state index contributed by atoms with van der Waals surface area (Å²) in [5.41, 5.74) is 2.67. The normalized spacial score (nSPS) is 19.0. The number of carbonyl (C=O) groups excluding carboxylic acids is 2. The number of rotatable bonds is 10. The molecule has 1 aliphatic heterocycles. The molecule has 3 unspecified atom stereocenters. The molecule has 33 heavy (non-hydrogen) atoms. The number of carboxylic acids is 1. The number of benzene rings is 1. The standard InChI is InChI=1S/C24H28N2O7/c1-15-3-5-16(6-4-15)24(30)19-8-7-18(26(19)2)14-23(29)33-20(9-10-22(27)28)17-11-12-32-21(13-17)25-31/h3-8,17,20-21H,9-14H2,1-2H3,(H,27,28). The molecule has 1 aromatic carbocycles. The van der Waals surface area contributed by atoms with Gasteiger partial charge in [-0.05, 0) is 37.1 Å². The monoisotopic (exact) mass is 456 g/mol. The number of aromatic nitrogens is 1. The van der Waals surface area contributed by atoms with Crippen LogP contribution in [0.1, 0.15) is 53.0 Å². The zero-order chi connectivity index (χ0) is 24.0. The van der Waals surface area contributed by atoms with E-state index < -0.39 is 24.3 Å². The lowest BCUT2D eigenvalue weighted by Crippen LogP contribution is -2.35. The quantitative estimate of drug-likeness (QED) is 0.330. The summed E-state index contributed by atoms with van der Waals surface area (Å²) in [5, 5.41) is 12.0. The van der Waals surface area contributed by atoms with Crippen LogP contribution in [0.25, 0.3) is 0 Å². The van der Waals surface area contributed by atoms with Crippen LogP contribution in [-0.2, 0) is 32.5 Å². The summed E-state index contributed by atoms with van der Waals surface area (Å²) in [6.45, 7) is 2.24. The molecule has 1 fully saturated rings. The van der Waals surface area contributed by atoms with E-state index in [2.05, 4.69) is 5.18 Å². The van der Waals surface area contributed by atoms with Gasteiger partial charge in [0, 0.05) is 43.7 Å². The number of nitrogens with zero attached hydrogens (tertiary/aromatic N) is 2. The highest BCUT2D eigenvalue weighted by Gasteiger charge is 2.32. The van der Waals surface area contributed by atoms with Gasteiger partial charge in [-0.2, -0.15) is 0 Å². The van der Waals surface area contributed by atoms with E-state index in [1.807, 2.05) is 19.1 Å². The third kappa shape index (κ3) is 6.35. The van der Waals surface area contributed by atoms with E-state index in [0.29, 0.717) is 30.0 Å². The Morgan fingerprint density at radius 1 is 1.21 bits per heavy atom. The highest BCUT2D eigenvalue weighted by atomic mass is 16.5. The maximum Gasteiger partial charge on any atom is 0.312 e. The molecule has 2 aromatic rings. The van der Waals surface area contributed by atoms with Crippen molar-refractivity contribution in [3.05, 3.63) is 63.8 Å². The Morgan fingerprint density at radius 2 is 1.94 bits per heavy atom. The molecule has 176 valence electrons. The Labute approximate surface area is 191 Å². The van der Waals surface area contributed by atoms with Crippen LogP contribution in [0.3, 0.4) is 0 Å². The molecule has 0 amide bonds. The summed E-state index contributed by atoms with van der Waals surface area (Å²) in [5.74, 6) is -1.87. The summed E-state index contributed by atoms with van der Waals surface area (Å²) in [4.78, 5) is 47.5. The van der Waals surface area contributed by atoms with E-state index in [1.54, 1.807) is 35.9 Å². The molecule has 9 nitrogen and oxygen atoms in total. The molecular weight excluding hydrogens is 428 g/mol. The number of esters is 1. The molecule has 3 rings (SSSR count). The van der Waals surface area contributed by atoms with Crippen LogP contribution in [0.2, 0.25) is 0 Å². The molecule has 9 heteroatoms. The first-order valence-electron chi connectivity index (χ1n) is 10.9. The number of ketones is 1. The van der Waals surface area contributed by atoms with E-state index in [9.17, 15) is 19.3 Å². The van der Waals surface area contributed by atoms with Crippen LogP contribution < -0.4 is 0 Å². The van der Waals surface area contributed by atoms with Crippen molar-refractivity contribution in [1.82, 2.24) is 4.57 Å². The second kappa shape index (κ2) is 11.0. The van der Waals surface area contributed by atoms with E-state index in [1.165, 1.54) is 0 Å². The smallest absolute Gasteiger partial charge is 0.312 e. The minimum absolute atomic E-state index is 0.0696. The molecule has 3 atom stereocenters. The van der Waals surface area contributed by atoms with Gasteiger partial charge in [0.25, 0.3) is 0 Å². The van der Waals surface area contributed by atoms with Crippen molar-refractivity contribution in [3.8, 4) is 0 Å². The minimum Gasteiger partial charge on any atom is -0.481 e. The Kier molecular flexibility index (Phi) is 8.11. The maximum absolute atomic E-state index is 12.8. The summed E-state index contributed by atoms with van der Waals surface area (Å²) in [6.07, 6.45) is -0.743. The van der Waals surface area contributed by atoms with Crippen molar-refractivity contribution in [2.24, 2.45) is 18.1 Å². The highest BCUT2D eigenvalue weighted by molar-refractivity contribution is 6.08. The summed E-state index contributed by atoms with van der Waals surface area (Å²) < 4.78 is 12.6. The van der Waals surface area contributed by atoms with Crippen LogP contribution in [0.4, 0.5) is 0 Å². The van der Waals surface area contributed by atoms with Crippen molar-refractivity contribution >= 4 is 17.7 Å². The first-order valence-corrected chi connectivity index (χ1v) is 10.9. The average molecular weight is 456 g/mol. The maximum atomic E-state index is 12.8. The van der Waals surface area contributed by atoms with Crippen molar-refractivity contribution in [3.63, 3.8) is 0 Å². The minimum atomic E-state index is -0.991. The molecule has 1 aliphatic rings. The van der Waals surface area contributed by atoms with Crippen LogP contribution >= 0.6 is 0 Å². The van der Waals surface area contributed by atoms with Gasteiger partial charge >= 0.3 is 11.9 Å². The molecule has 1 N–H and O–H groups in total. The van der Waals surface area contributed by atoms with Gasteiger partial charge in [0.2, 0.25) is 5.78 Å². The van der Waals surface area contributed by atoms with Gasteiger partial charge in [-0.1, -0.05) is 29.8 Å². The van der Waals surface area contributed by atoms with Gasteiger partial charge in [-0.15, -0.1) is 4.91 Å². The Bertz CT molecular complexity index is 1010. The fourth-order valence-corrected chi connectivity index (χ4v) is 4.04. The Morgan fingerprint density at radius 3 is 2.61 bits per heavy atom. The topological polar surface area (TPSA) is 124 Å². The van der Waals surface area contributed by atoms with E-state index in [0.717, 1.165) is 5.56 Å². The molecule has 1 aromatic heterocycles. The molecule has 0 spiro atoms. The van der Waals surface area contributed by atoms with Gasteiger partial charge in [-0.25, -0.2) is 0 Å². The lowest BCUT2D eigenvalue weighted by molar-refractivity contribution is -0.156. The number of aliphatic carboxylic acids is 1. The fraction of sp³-hybridized carbons (Fsp3) is 0.458. The van der Waals surface area contributed by atoms with Crippen LogP contribution in [0, 0.1) is 17.7 Å². The number of ether oxygens (including phenoxy) is 2. The summed E-state index contributed by atoms with van der Waals surface area (Å²) in [6, 6.07) is 10.6. The second-order valence-electron chi connectivity index (χ2n) is 8.32. The summed E-state index contributed by atoms with van der Waals surface area (Å²) >= 11 is 0.